The molecule has 2 heteroatoms. The summed E-state index contributed by atoms with van der Waals surface area (Å²) in [5.41, 5.74) is 2.18. The molecule has 0 saturated heterocycles. The van der Waals surface area contributed by atoms with E-state index in [1.165, 1.54) is 25.7 Å². The van der Waals surface area contributed by atoms with Gasteiger partial charge in [0.15, 0.2) is 0 Å². The topological polar surface area (TPSA) is 0 Å². The van der Waals surface area contributed by atoms with Crippen molar-refractivity contribution < 1.29 is 0 Å². The zero-order chi connectivity index (χ0) is 17.2. The first-order chi connectivity index (χ1) is 11.5. The molecule has 0 aliphatic heterocycles. The van der Waals surface area contributed by atoms with Crippen molar-refractivity contribution in [2.24, 2.45) is 11.8 Å². The molecular formula is C22H38Si2. The lowest BCUT2D eigenvalue weighted by atomic mass is 10.1. The third-order valence-corrected chi connectivity index (χ3v) is 13.2. The Labute approximate surface area is 153 Å². The molecule has 2 aliphatic carbocycles. The Morgan fingerprint density at radius 1 is 1.00 bits per heavy atom. The van der Waals surface area contributed by atoms with Crippen molar-refractivity contribution >= 4 is 22.1 Å². The summed E-state index contributed by atoms with van der Waals surface area (Å²) in [4.78, 5) is 0. The molecule has 0 N–H and O–H groups in total. The average Bonchev–Trinajstić information content (AvgIpc) is 3.18. The Morgan fingerprint density at radius 2 is 1.75 bits per heavy atom. The molecule has 0 spiro atoms. The van der Waals surface area contributed by atoms with E-state index in [1.807, 2.05) is 0 Å². The largest absolute Gasteiger partial charge is 0.0772 e. The van der Waals surface area contributed by atoms with E-state index in [0.717, 1.165) is 22.9 Å². The van der Waals surface area contributed by atoms with Crippen molar-refractivity contribution in [3.05, 3.63) is 30.3 Å². The lowest BCUT2D eigenvalue weighted by Gasteiger charge is -2.35. The first-order valence-electron chi connectivity index (χ1n) is 10.5. The molecule has 5 unspecified atom stereocenters. The van der Waals surface area contributed by atoms with Crippen molar-refractivity contribution in [2.45, 2.75) is 88.6 Å². The number of benzene rings is 1. The van der Waals surface area contributed by atoms with Gasteiger partial charge in [-0.2, -0.15) is 0 Å². The molecule has 2 saturated carbocycles. The van der Waals surface area contributed by atoms with Crippen LogP contribution in [-0.4, -0.2) is 16.9 Å². The van der Waals surface area contributed by atoms with Gasteiger partial charge in [0.1, 0.15) is 0 Å². The van der Waals surface area contributed by atoms with Crippen LogP contribution in [0.4, 0.5) is 0 Å². The molecule has 5 atom stereocenters. The number of hydrogen-bond donors (Lipinski definition) is 0. The van der Waals surface area contributed by atoms with E-state index in [2.05, 4.69) is 56.9 Å². The van der Waals surface area contributed by atoms with Gasteiger partial charge in [-0.25, -0.2) is 0 Å². The predicted molar refractivity (Wildman–Crippen MR) is 114 cm³/mol. The Kier molecular flexibility index (Phi) is 6.08. The Hall–Kier alpha value is -0.346. The number of rotatable bonds is 6. The molecule has 2 aliphatic rings. The smallest absolute Gasteiger partial charge is 0.0695 e. The molecule has 0 aromatic heterocycles. The third-order valence-electron chi connectivity index (χ3n) is 6.91. The van der Waals surface area contributed by atoms with Gasteiger partial charge in [0.05, 0.1) is 8.80 Å². The van der Waals surface area contributed by atoms with Crippen molar-refractivity contribution in [3.63, 3.8) is 0 Å². The van der Waals surface area contributed by atoms with E-state index in [4.69, 9.17) is 0 Å². The molecule has 0 bridgehead atoms. The standard InChI is InChI=1S/C22H38Si2/c1-5-18-14-15-21(16-18)23(20-11-7-6-8-12-20)22-13-9-10-19(22)17-24(2,3)4/h6-8,11-12,18-19,21-23H,5,9-10,13-17H2,1-4H3. The summed E-state index contributed by atoms with van der Waals surface area (Å²) in [6.45, 7) is 10.2. The molecule has 1 aromatic rings. The van der Waals surface area contributed by atoms with Crippen LogP contribution in [0.1, 0.15) is 51.9 Å². The second kappa shape index (κ2) is 7.91. The van der Waals surface area contributed by atoms with Crippen molar-refractivity contribution in [2.75, 3.05) is 0 Å². The number of hydrogen-bond acceptors (Lipinski definition) is 0. The highest BCUT2D eigenvalue weighted by molar-refractivity contribution is 6.77. The highest BCUT2D eigenvalue weighted by atomic mass is 28.3. The van der Waals surface area contributed by atoms with Gasteiger partial charge >= 0.3 is 0 Å². The van der Waals surface area contributed by atoms with Crippen molar-refractivity contribution in [1.82, 2.24) is 0 Å². The minimum absolute atomic E-state index is 0.875. The zero-order valence-corrected chi connectivity index (χ0v) is 18.6. The summed E-state index contributed by atoms with van der Waals surface area (Å²) in [5, 5.41) is 1.80. The second-order valence-electron chi connectivity index (χ2n) is 9.90. The van der Waals surface area contributed by atoms with E-state index >= 15 is 0 Å². The Bertz CT molecular complexity index is 504. The molecule has 0 nitrogen and oxygen atoms in total. The van der Waals surface area contributed by atoms with E-state index in [1.54, 1.807) is 30.5 Å². The molecular weight excluding hydrogens is 320 g/mol. The van der Waals surface area contributed by atoms with Crippen LogP contribution in [0, 0.1) is 11.8 Å². The van der Waals surface area contributed by atoms with Gasteiger partial charge in [-0.3, -0.25) is 0 Å². The fourth-order valence-corrected chi connectivity index (χ4v) is 13.4. The summed E-state index contributed by atoms with van der Waals surface area (Å²) >= 11 is 0. The van der Waals surface area contributed by atoms with Crippen LogP contribution in [0.5, 0.6) is 0 Å². The SMILES string of the molecule is CCC1CCC([SiH](c2ccccc2)C2CCCC2C[Si](C)(C)C)C1. The quantitative estimate of drug-likeness (QED) is 0.530. The van der Waals surface area contributed by atoms with Gasteiger partial charge in [-0.1, -0.05) is 107 Å². The molecule has 0 heterocycles. The van der Waals surface area contributed by atoms with Gasteiger partial charge in [0, 0.05) is 8.07 Å². The van der Waals surface area contributed by atoms with Crippen molar-refractivity contribution in [3.8, 4) is 0 Å². The van der Waals surface area contributed by atoms with Crippen LogP contribution in [0.25, 0.3) is 0 Å². The van der Waals surface area contributed by atoms with Gasteiger partial charge < -0.3 is 0 Å². The summed E-state index contributed by atoms with van der Waals surface area (Å²) in [5.74, 6) is 2.10. The summed E-state index contributed by atoms with van der Waals surface area (Å²) in [6, 6.07) is 13.4. The molecule has 3 rings (SSSR count). The minimum Gasteiger partial charge on any atom is -0.0695 e. The van der Waals surface area contributed by atoms with Crippen LogP contribution in [-0.2, 0) is 0 Å². The maximum absolute atomic E-state index is 2.59. The lowest BCUT2D eigenvalue weighted by Crippen LogP contribution is -2.41. The van der Waals surface area contributed by atoms with Crippen LogP contribution < -0.4 is 5.19 Å². The lowest BCUT2D eigenvalue weighted by molar-refractivity contribution is 0.527. The van der Waals surface area contributed by atoms with Crippen LogP contribution >= 0.6 is 0 Å². The second-order valence-corrected chi connectivity index (χ2v) is 19.0. The highest BCUT2D eigenvalue weighted by Crippen LogP contribution is 2.50. The Morgan fingerprint density at radius 3 is 2.38 bits per heavy atom. The van der Waals surface area contributed by atoms with E-state index < -0.39 is 16.9 Å². The van der Waals surface area contributed by atoms with Crippen molar-refractivity contribution in [1.29, 1.82) is 0 Å². The summed E-state index contributed by atoms with van der Waals surface area (Å²) < 4.78 is 0. The first kappa shape index (κ1) is 18.4. The van der Waals surface area contributed by atoms with Gasteiger partial charge in [0.25, 0.3) is 0 Å². The van der Waals surface area contributed by atoms with Gasteiger partial charge in [0.2, 0.25) is 0 Å². The Balaban J connectivity index is 1.84. The normalized spacial score (nSPS) is 32.2. The first-order valence-corrected chi connectivity index (χ1v) is 16.1. The van der Waals surface area contributed by atoms with Crippen LogP contribution in [0.2, 0.25) is 36.8 Å². The van der Waals surface area contributed by atoms with E-state index in [-0.39, 0.29) is 0 Å². The maximum Gasteiger partial charge on any atom is 0.0772 e. The summed E-state index contributed by atoms with van der Waals surface area (Å²) in [6.07, 6.45) is 10.6. The summed E-state index contributed by atoms with van der Waals surface area (Å²) in [7, 11) is -1.82. The maximum atomic E-state index is 2.59. The fraction of sp³-hybridized carbons (Fsp3) is 0.727. The zero-order valence-electron chi connectivity index (χ0n) is 16.4. The fourth-order valence-electron chi connectivity index (χ4n) is 5.93. The van der Waals surface area contributed by atoms with Gasteiger partial charge in [-0.05, 0) is 29.3 Å². The molecule has 1 aromatic carbocycles. The third kappa shape index (κ3) is 4.43. The van der Waals surface area contributed by atoms with E-state index in [9.17, 15) is 0 Å². The van der Waals surface area contributed by atoms with Gasteiger partial charge in [-0.15, -0.1) is 0 Å². The molecule has 0 amide bonds. The molecule has 0 radical (unpaired) electrons. The highest BCUT2D eigenvalue weighted by Gasteiger charge is 2.42. The molecule has 2 fully saturated rings. The monoisotopic (exact) mass is 358 g/mol. The molecule has 134 valence electrons. The van der Waals surface area contributed by atoms with Crippen LogP contribution in [0.15, 0.2) is 30.3 Å². The predicted octanol–water partition coefficient (Wildman–Crippen LogP) is 6.21. The molecule has 24 heavy (non-hydrogen) atoms. The van der Waals surface area contributed by atoms with Crippen LogP contribution in [0.3, 0.4) is 0 Å². The van der Waals surface area contributed by atoms with E-state index in [0.29, 0.717) is 0 Å². The average molecular weight is 359 g/mol. The minimum atomic E-state index is -0.949.